The Hall–Kier alpha value is -1.41. The zero-order valence-corrected chi connectivity index (χ0v) is 28.8. The van der Waals surface area contributed by atoms with E-state index in [1.165, 1.54) is 77.3 Å². The molecule has 0 aliphatic carbocycles. The molecule has 3 aromatic carbocycles. The Morgan fingerprint density at radius 1 is 0.512 bits per heavy atom. The number of rotatable bonds is 18. The van der Waals surface area contributed by atoms with Gasteiger partial charge in [-0.05, 0) is 0 Å². The topological polar surface area (TPSA) is 18.5 Å². The Bertz CT molecular complexity index is 949. The van der Waals surface area contributed by atoms with Crippen molar-refractivity contribution in [1.82, 2.24) is 0 Å². The smallest absolute Gasteiger partial charge is 0.147 e. The van der Waals surface area contributed by atoms with E-state index in [2.05, 4.69) is 107 Å². The van der Waals surface area contributed by atoms with Crippen LogP contribution in [-0.2, 0) is 9.47 Å². The van der Waals surface area contributed by atoms with Crippen molar-refractivity contribution in [2.24, 2.45) is 0 Å². The third kappa shape index (κ3) is 11.7. The number of hydrogen-bond donors (Lipinski definition) is 0. The van der Waals surface area contributed by atoms with Gasteiger partial charge in [0, 0.05) is 0 Å². The van der Waals surface area contributed by atoms with Crippen molar-refractivity contribution in [3.8, 4) is 0 Å². The summed E-state index contributed by atoms with van der Waals surface area (Å²) in [6, 6.07) is 28.3. The Balaban J connectivity index is 0.00000420. The first-order chi connectivity index (χ1) is 19.0. The normalized spacial score (nSPS) is 11.7. The minimum Gasteiger partial charge on any atom is -0.147 e. The fourth-order valence-electron chi connectivity index (χ4n) is 5.57. The standard InChI is InChI=1S/C36H53O2P.2ClH/c1-6-27-37-36(38-28-7-2)14-12-10-8-9-11-13-29-39(33-21-15-30(3)16-22-33,34-23-17-31(4)18-24-34)35-25-19-32(5)20-26-35;;/h15-26,36,39H,6-14,27-29H2,1-5H3;2*1H. The molecule has 0 aliphatic rings. The van der Waals surface area contributed by atoms with Gasteiger partial charge in [-0.25, -0.2) is 0 Å². The third-order valence-corrected chi connectivity index (χ3v) is 13.0. The van der Waals surface area contributed by atoms with Crippen molar-refractivity contribution < 1.29 is 9.47 Å². The van der Waals surface area contributed by atoms with Gasteiger partial charge in [-0.15, -0.1) is 24.8 Å². The van der Waals surface area contributed by atoms with Crippen LogP contribution in [0.3, 0.4) is 0 Å². The second-order valence-electron chi connectivity index (χ2n) is 11.3. The molecule has 230 valence electrons. The predicted molar refractivity (Wildman–Crippen MR) is 189 cm³/mol. The van der Waals surface area contributed by atoms with Gasteiger partial charge in [0.1, 0.15) is 0 Å². The molecule has 0 aromatic heterocycles. The van der Waals surface area contributed by atoms with Gasteiger partial charge in [0.2, 0.25) is 0 Å². The third-order valence-electron chi connectivity index (χ3n) is 7.89. The van der Waals surface area contributed by atoms with E-state index in [0.717, 1.165) is 32.5 Å². The van der Waals surface area contributed by atoms with Crippen molar-refractivity contribution in [1.29, 1.82) is 0 Å². The summed E-state index contributed by atoms with van der Waals surface area (Å²) < 4.78 is 11.8. The van der Waals surface area contributed by atoms with Gasteiger partial charge in [0.25, 0.3) is 0 Å². The summed E-state index contributed by atoms with van der Waals surface area (Å²) in [6.07, 6.45) is 11.9. The van der Waals surface area contributed by atoms with E-state index in [0.29, 0.717) is 0 Å². The molecule has 0 saturated heterocycles. The van der Waals surface area contributed by atoms with Crippen molar-refractivity contribution in [3.63, 3.8) is 0 Å². The van der Waals surface area contributed by atoms with Crippen LogP contribution >= 0.6 is 32.1 Å². The number of hydrogen-bond acceptors (Lipinski definition) is 2. The van der Waals surface area contributed by atoms with Crippen LogP contribution in [0.25, 0.3) is 0 Å². The molecule has 0 aliphatic heterocycles. The summed E-state index contributed by atoms with van der Waals surface area (Å²) in [5.74, 6) is 0. The van der Waals surface area contributed by atoms with Crippen LogP contribution in [0.4, 0.5) is 0 Å². The van der Waals surface area contributed by atoms with E-state index < -0.39 is 7.26 Å². The molecular formula is C36H55Cl2O2P. The van der Waals surface area contributed by atoms with E-state index in [9.17, 15) is 0 Å². The summed E-state index contributed by atoms with van der Waals surface area (Å²) in [5, 5.41) is 4.60. The van der Waals surface area contributed by atoms with Crippen LogP contribution < -0.4 is 15.9 Å². The first-order valence-corrected chi connectivity index (χ1v) is 17.6. The van der Waals surface area contributed by atoms with Crippen LogP contribution in [0.2, 0.25) is 0 Å². The summed E-state index contributed by atoms with van der Waals surface area (Å²) in [6.45, 7) is 12.5. The van der Waals surface area contributed by atoms with Gasteiger partial charge in [-0.1, -0.05) is 13.8 Å². The number of benzene rings is 3. The van der Waals surface area contributed by atoms with Gasteiger partial charge in [0.15, 0.2) is 0 Å². The molecule has 0 atom stereocenters. The number of unbranched alkanes of at least 4 members (excludes halogenated alkanes) is 5. The van der Waals surface area contributed by atoms with E-state index in [1.807, 2.05) is 0 Å². The molecule has 41 heavy (non-hydrogen) atoms. The maximum atomic E-state index is 5.91. The van der Waals surface area contributed by atoms with E-state index in [-0.39, 0.29) is 31.1 Å². The molecule has 5 heteroatoms. The summed E-state index contributed by atoms with van der Waals surface area (Å²) in [7, 11) is -2.14. The second kappa shape index (κ2) is 20.5. The van der Waals surface area contributed by atoms with Gasteiger partial charge < -0.3 is 0 Å². The predicted octanol–water partition coefficient (Wildman–Crippen LogP) is 9.39. The monoisotopic (exact) mass is 620 g/mol. The molecule has 0 saturated carbocycles. The molecule has 0 amide bonds. The van der Waals surface area contributed by atoms with Gasteiger partial charge in [-0.2, -0.15) is 0 Å². The molecule has 0 N–H and O–H groups in total. The van der Waals surface area contributed by atoms with Gasteiger partial charge in [-0.3, -0.25) is 0 Å². The molecule has 0 spiro atoms. The zero-order chi connectivity index (χ0) is 27.9. The van der Waals surface area contributed by atoms with Crippen molar-refractivity contribution in [2.45, 2.75) is 98.7 Å². The van der Waals surface area contributed by atoms with Crippen molar-refractivity contribution >= 4 is 48.0 Å². The molecule has 0 unspecified atom stereocenters. The fourth-order valence-corrected chi connectivity index (χ4v) is 10.4. The quantitative estimate of drug-likeness (QED) is 0.0801. The number of ether oxygens (including phenoxy) is 2. The summed E-state index contributed by atoms with van der Waals surface area (Å²) >= 11 is 0. The Morgan fingerprint density at radius 3 is 1.22 bits per heavy atom. The maximum absolute atomic E-state index is 5.91. The Kier molecular flexibility index (Phi) is 18.8. The van der Waals surface area contributed by atoms with Crippen LogP contribution in [0.1, 0.15) is 88.3 Å². The second-order valence-corrected chi connectivity index (χ2v) is 15.4. The van der Waals surface area contributed by atoms with Crippen LogP contribution in [0, 0.1) is 20.8 Å². The molecule has 0 bridgehead atoms. The minimum absolute atomic E-state index is 0. The van der Waals surface area contributed by atoms with E-state index in [4.69, 9.17) is 9.47 Å². The molecule has 0 radical (unpaired) electrons. The van der Waals surface area contributed by atoms with Gasteiger partial charge in [0.05, 0.1) is 0 Å². The molecule has 2 nitrogen and oxygen atoms in total. The fraction of sp³-hybridized carbons (Fsp3) is 0.500. The van der Waals surface area contributed by atoms with Crippen molar-refractivity contribution in [2.75, 3.05) is 19.4 Å². The number of aryl methyl sites for hydroxylation is 3. The average Bonchev–Trinajstić information content (AvgIpc) is 2.95. The minimum atomic E-state index is -2.14. The Morgan fingerprint density at radius 2 is 0.854 bits per heavy atom. The molecule has 0 heterocycles. The van der Waals surface area contributed by atoms with E-state index >= 15 is 0 Å². The first-order valence-electron chi connectivity index (χ1n) is 15.4. The van der Waals surface area contributed by atoms with Crippen LogP contribution in [-0.4, -0.2) is 25.7 Å². The first kappa shape index (κ1) is 37.6. The summed E-state index contributed by atoms with van der Waals surface area (Å²) in [4.78, 5) is 0. The summed E-state index contributed by atoms with van der Waals surface area (Å²) in [5.41, 5.74) is 3.99. The Labute approximate surface area is 264 Å². The van der Waals surface area contributed by atoms with E-state index in [1.54, 1.807) is 0 Å². The molecule has 3 rings (SSSR count). The van der Waals surface area contributed by atoms with Gasteiger partial charge >= 0.3 is 226 Å². The number of halogens is 2. The molecule has 0 fully saturated rings. The van der Waals surface area contributed by atoms with Crippen molar-refractivity contribution in [3.05, 3.63) is 89.5 Å². The zero-order valence-electron chi connectivity index (χ0n) is 26.1. The SMILES string of the molecule is CCCOC(CCCCCCCC[PH](c1ccc(C)cc1)(c1ccc(C)cc1)c1ccc(C)cc1)OCCC.Cl.Cl. The molecular weight excluding hydrogens is 566 g/mol. The molecule has 3 aromatic rings. The van der Waals surface area contributed by atoms with Crippen LogP contribution in [0.5, 0.6) is 0 Å². The van der Waals surface area contributed by atoms with Crippen LogP contribution in [0.15, 0.2) is 72.8 Å². The average molecular weight is 622 g/mol.